The zero-order valence-electron chi connectivity index (χ0n) is 16.8. The van der Waals surface area contributed by atoms with E-state index in [9.17, 15) is 28.4 Å². The second kappa shape index (κ2) is 7.30. The molecular formula is C22H20F2N4O3. The zero-order chi connectivity index (χ0) is 22.4. The van der Waals surface area contributed by atoms with Gasteiger partial charge in [0.15, 0.2) is 5.78 Å². The number of carbonyl (C=O) groups excluding carboxylic acids is 3. The van der Waals surface area contributed by atoms with E-state index in [0.717, 1.165) is 4.90 Å². The number of nitrogens with one attached hydrogen (secondary N) is 1. The van der Waals surface area contributed by atoms with Gasteiger partial charge < -0.3 is 9.88 Å². The molecule has 2 fully saturated rings. The van der Waals surface area contributed by atoms with Crippen LogP contribution in [-0.2, 0) is 11.8 Å². The van der Waals surface area contributed by atoms with E-state index in [2.05, 4.69) is 11.4 Å². The molecule has 1 spiro atoms. The highest BCUT2D eigenvalue weighted by Crippen LogP contribution is 2.41. The maximum absolute atomic E-state index is 13.5. The number of carbonyl (C=O) groups is 3. The number of alkyl halides is 2. The van der Waals surface area contributed by atoms with Crippen LogP contribution in [0.5, 0.6) is 0 Å². The highest BCUT2D eigenvalue weighted by atomic mass is 19.3. The quantitative estimate of drug-likeness (QED) is 0.600. The van der Waals surface area contributed by atoms with Gasteiger partial charge in [0.25, 0.3) is 5.91 Å². The molecule has 1 saturated carbocycles. The summed E-state index contributed by atoms with van der Waals surface area (Å²) in [5, 5.41) is 11.9. The lowest BCUT2D eigenvalue weighted by Gasteiger charge is -2.34. The maximum Gasteiger partial charge on any atom is 0.325 e. The first-order valence-corrected chi connectivity index (χ1v) is 9.88. The lowest BCUT2D eigenvalue weighted by Crippen LogP contribution is -2.51. The molecule has 2 aromatic rings. The first-order chi connectivity index (χ1) is 14.7. The molecule has 7 nitrogen and oxygen atoms in total. The van der Waals surface area contributed by atoms with Crippen LogP contribution in [0.2, 0.25) is 0 Å². The number of ketones is 1. The Hall–Kier alpha value is -3.54. The van der Waals surface area contributed by atoms with Crippen molar-refractivity contribution in [2.45, 2.75) is 37.1 Å². The fraction of sp³-hybridized carbons (Fsp3) is 0.364. The lowest BCUT2D eigenvalue weighted by molar-refractivity contribution is -0.135. The van der Waals surface area contributed by atoms with Crippen LogP contribution in [0.1, 0.15) is 41.7 Å². The molecule has 1 aromatic heterocycles. The van der Waals surface area contributed by atoms with E-state index >= 15 is 0 Å². The molecule has 1 N–H and O–H groups in total. The van der Waals surface area contributed by atoms with Crippen molar-refractivity contribution in [3.05, 3.63) is 47.7 Å². The van der Waals surface area contributed by atoms with Gasteiger partial charge in [0, 0.05) is 31.1 Å². The molecule has 0 radical (unpaired) electrons. The van der Waals surface area contributed by atoms with E-state index < -0.39 is 48.6 Å². The predicted octanol–water partition coefficient (Wildman–Crippen LogP) is 3.25. The molecule has 1 aromatic carbocycles. The Morgan fingerprint density at radius 3 is 2.48 bits per heavy atom. The Bertz CT molecular complexity index is 1120. The van der Waals surface area contributed by atoms with Crippen LogP contribution in [0, 0.1) is 11.3 Å². The van der Waals surface area contributed by atoms with E-state index in [1.165, 1.54) is 0 Å². The summed E-state index contributed by atoms with van der Waals surface area (Å²) < 4.78 is 28.6. The molecule has 0 bridgehead atoms. The number of nitriles is 1. The first-order valence-electron chi connectivity index (χ1n) is 9.88. The van der Waals surface area contributed by atoms with Crippen LogP contribution in [-0.4, -0.2) is 45.2 Å². The molecule has 2 aliphatic rings. The van der Waals surface area contributed by atoms with Gasteiger partial charge in [0.05, 0.1) is 23.9 Å². The van der Waals surface area contributed by atoms with E-state index in [1.54, 1.807) is 48.0 Å². The van der Waals surface area contributed by atoms with Gasteiger partial charge in [0.1, 0.15) is 5.54 Å². The van der Waals surface area contributed by atoms with Crippen LogP contribution < -0.4 is 5.32 Å². The summed E-state index contributed by atoms with van der Waals surface area (Å²) in [6.45, 7) is -0.486. The number of Topliss-reactive ketones (excluding diaryl/α,β-unsaturated/α-hetero) is 1. The topological polar surface area (TPSA) is 95.2 Å². The Labute approximate surface area is 177 Å². The number of hydrogen-bond acceptors (Lipinski definition) is 4. The van der Waals surface area contributed by atoms with Crippen LogP contribution in [0.25, 0.3) is 11.3 Å². The average molecular weight is 426 g/mol. The maximum atomic E-state index is 13.5. The summed E-state index contributed by atoms with van der Waals surface area (Å²) in [5.41, 5.74) is 0.657. The second-order valence-corrected chi connectivity index (χ2v) is 8.00. The number of rotatable bonds is 4. The van der Waals surface area contributed by atoms with Gasteiger partial charge in [-0.2, -0.15) is 5.26 Å². The van der Waals surface area contributed by atoms with Gasteiger partial charge in [-0.1, -0.05) is 18.2 Å². The number of benzene rings is 1. The number of amides is 3. The molecule has 3 amide bonds. The molecule has 1 aliphatic carbocycles. The van der Waals surface area contributed by atoms with E-state index in [-0.39, 0.29) is 18.5 Å². The fourth-order valence-corrected chi connectivity index (χ4v) is 4.29. The average Bonchev–Trinajstić information content (AvgIpc) is 3.23. The minimum atomic E-state index is -2.85. The van der Waals surface area contributed by atoms with Gasteiger partial charge in [-0.25, -0.2) is 13.6 Å². The summed E-state index contributed by atoms with van der Waals surface area (Å²) in [6.07, 6.45) is -1.29. The Morgan fingerprint density at radius 2 is 1.81 bits per heavy atom. The fourth-order valence-electron chi connectivity index (χ4n) is 4.29. The summed E-state index contributed by atoms with van der Waals surface area (Å²) in [6, 6.07) is 11.6. The molecule has 0 unspecified atom stereocenters. The number of aromatic nitrogens is 1. The van der Waals surface area contributed by atoms with Crippen molar-refractivity contribution in [2.75, 3.05) is 6.54 Å². The summed E-state index contributed by atoms with van der Waals surface area (Å²) >= 11 is 0. The largest absolute Gasteiger partial charge is 0.341 e. The number of imide groups is 1. The molecule has 4 rings (SSSR count). The van der Waals surface area contributed by atoms with Crippen LogP contribution >= 0.6 is 0 Å². The number of nitrogens with zero attached hydrogens (tertiary/aromatic N) is 3. The van der Waals surface area contributed by atoms with Crippen molar-refractivity contribution in [3.63, 3.8) is 0 Å². The first kappa shape index (κ1) is 20.7. The van der Waals surface area contributed by atoms with Crippen LogP contribution in [0.15, 0.2) is 36.4 Å². The third kappa shape index (κ3) is 3.48. The van der Waals surface area contributed by atoms with Crippen LogP contribution in [0.3, 0.4) is 0 Å². The third-order valence-electron chi connectivity index (χ3n) is 6.11. The van der Waals surface area contributed by atoms with Crippen molar-refractivity contribution in [1.82, 2.24) is 14.8 Å². The molecule has 1 saturated heterocycles. The number of urea groups is 1. The summed E-state index contributed by atoms with van der Waals surface area (Å²) in [7, 11) is 1.66. The molecule has 2 heterocycles. The SMILES string of the molecule is Cn1c(C(=O)CN2C(=O)NC3(CCC(F)(F)CC3)C2=O)ccc1-c1ccccc1C#N. The summed E-state index contributed by atoms with van der Waals surface area (Å²) in [5.74, 6) is -3.95. The van der Waals surface area contributed by atoms with Gasteiger partial charge >= 0.3 is 6.03 Å². The van der Waals surface area contributed by atoms with E-state index in [1.807, 2.05) is 0 Å². The molecule has 1 aliphatic heterocycles. The Balaban J connectivity index is 1.54. The van der Waals surface area contributed by atoms with Crippen molar-refractivity contribution < 1.29 is 23.2 Å². The predicted molar refractivity (Wildman–Crippen MR) is 106 cm³/mol. The van der Waals surface area contributed by atoms with Crippen molar-refractivity contribution in [1.29, 1.82) is 5.26 Å². The van der Waals surface area contributed by atoms with E-state index in [0.29, 0.717) is 16.8 Å². The normalized spacial score (nSPS) is 19.4. The highest BCUT2D eigenvalue weighted by Gasteiger charge is 2.55. The summed E-state index contributed by atoms with van der Waals surface area (Å²) in [4.78, 5) is 39.0. The lowest BCUT2D eigenvalue weighted by atomic mass is 9.80. The second-order valence-electron chi connectivity index (χ2n) is 8.00. The van der Waals surface area contributed by atoms with Crippen molar-refractivity contribution >= 4 is 17.7 Å². The molecule has 9 heteroatoms. The minimum Gasteiger partial charge on any atom is -0.341 e. The standard InChI is InChI=1S/C22H20F2N4O3/c1-27-16(15-5-3-2-4-14(15)12-25)6-7-17(27)18(29)13-28-19(30)21(26-20(28)31)8-10-22(23,24)11-9-21/h2-7H,8-11,13H2,1H3,(H,26,31). The Morgan fingerprint density at radius 1 is 1.13 bits per heavy atom. The zero-order valence-corrected chi connectivity index (χ0v) is 16.8. The Kier molecular flexibility index (Phi) is 4.88. The van der Waals surface area contributed by atoms with Crippen molar-refractivity contribution in [2.24, 2.45) is 7.05 Å². The van der Waals surface area contributed by atoms with E-state index in [4.69, 9.17) is 0 Å². The van der Waals surface area contributed by atoms with Gasteiger partial charge in [-0.15, -0.1) is 0 Å². The van der Waals surface area contributed by atoms with Crippen molar-refractivity contribution in [3.8, 4) is 17.3 Å². The molecule has 31 heavy (non-hydrogen) atoms. The smallest absolute Gasteiger partial charge is 0.325 e. The van der Waals surface area contributed by atoms with Crippen LogP contribution in [0.4, 0.5) is 13.6 Å². The number of halogens is 2. The number of hydrogen-bond donors (Lipinski definition) is 1. The molecular weight excluding hydrogens is 406 g/mol. The molecule has 160 valence electrons. The van der Waals surface area contributed by atoms with Gasteiger partial charge in [0.2, 0.25) is 5.92 Å². The van der Waals surface area contributed by atoms with Gasteiger partial charge in [-0.05, 0) is 31.0 Å². The molecule has 0 atom stereocenters. The monoisotopic (exact) mass is 426 g/mol. The van der Waals surface area contributed by atoms with Gasteiger partial charge in [-0.3, -0.25) is 14.5 Å². The highest BCUT2D eigenvalue weighted by molar-refractivity contribution is 6.11. The third-order valence-corrected chi connectivity index (χ3v) is 6.11. The minimum absolute atomic E-state index is 0.158.